The molecule has 1 N–H and O–H groups in total. The Labute approximate surface area is 112 Å². The van der Waals surface area contributed by atoms with E-state index in [4.69, 9.17) is 28.3 Å². The van der Waals surface area contributed by atoms with E-state index in [1.807, 2.05) is 12.1 Å². The third-order valence-electron chi connectivity index (χ3n) is 3.57. The predicted octanol–water partition coefficient (Wildman–Crippen LogP) is 3.15. The van der Waals surface area contributed by atoms with Gasteiger partial charge in [0, 0.05) is 41.2 Å². The Balaban J connectivity index is 2.20. The van der Waals surface area contributed by atoms with Gasteiger partial charge in [0.05, 0.1) is 0 Å². The third-order valence-corrected chi connectivity index (χ3v) is 4.01. The zero-order valence-electron chi connectivity index (χ0n) is 10.1. The molecule has 17 heavy (non-hydrogen) atoms. The van der Waals surface area contributed by atoms with Gasteiger partial charge in [-0.3, -0.25) is 4.90 Å². The summed E-state index contributed by atoms with van der Waals surface area (Å²) in [6, 6.07) is 5.66. The summed E-state index contributed by atoms with van der Waals surface area (Å²) in [6.07, 6.45) is 0. The highest BCUT2D eigenvalue weighted by Crippen LogP contribution is 2.36. The second-order valence-corrected chi connectivity index (χ2v) is 6.04. The summed E-state index contributed by atoms with van der Waals surface area (Å²) in [5.74, 6) is 0.406. The first kappa shape index (κ1) is 13.2. The lowest BCUT2D eigenvalue weighted by atomic mass is 9.86. The molecule has 1 saturated heterocycles. The molecule has 0 bridgehead atoms. The number of halogens is 2. The molecule has 1 fully saturated rings. The standard InChI is InChI=1S/C13H17Cl2NO/c1-13(2,16-6-9(7-16)8-17)10-3-11(14)5-12(15)4-10/h3-5,9,17H,6-8H2,1-2H3. The van der Waals surface area contributed by atoms with Crippen molar-refractivity contribution < 1.29 is 5.11 Å². The lowest BCUT2D eigenvalue weighted by molar-refractivity contribution is -0.0216. The SMILES string of the molecule is CC(C)(c1cc(Cl)cc(Cl)c1)N1CC(CO)C1. The van der Waals surface area contributed by atoms with E-state index in [9.17, 15) is 0 Å². The van der Waals surface area contributed by atoms with Gasteiger partial charge >= 0.3 is 0 Å². The van der Waals surface area contributed by atoms with E-state index in [-0.39, 0.29) is 12.1 Å². The molecule has 1 aliphatic heterocycles. The molecule has 1 aromatic carbocycles. The molecule has 1 heterocycles. The minimum absolute atomic E-state index is 0.0970. The van der Waals surface area contributed by atoms with Crippen molar-refractivity contribution in [1.82, 2.24) is 4.90 Å². The first-order valence-electron chi connectivity index (χ1n) is 5.76. The van der Waals surface area contributed by atoms with E-state index >= 15 is 0 Å². The van der Waals surface area contributed by atoms with Crippen molar-refractivity contribution >= 4 is 23.2 Å². The van der Waals surface area contributed by atoms with Crippen molar-refractivity contribution in [3.8, 4) is 0 Å². The monoisotopic (exact) mass is 273 g/mol. The van der Waals surface area contributed by atoms with Crippen LogP contribution in [-0.4, -0.2) is 29.7 Å². The van der Waals surface area contributed by atoms with Crippen molar-refractivity contribution in [1.29, 1.82) is 0 Å². The Kier molecular flexibility index (Phi) is 3.69. The molecule has 2 rings (SSSR count). The van der Waals surface area contributed by atoms with Crippen LogP contribution in [0.5, 0.6) is 0 Å². The topological polar surface area (TPSA) is 23.5 Å². The van der Waals surface area contributed by atoms with Gasteiger partial charge in [-0.15, -0.1) is 0 Å². The summed E-state index contributed by atoms with van der Waals surface area (Å²) in [4.78, 5) is 2.33. The van der Waals surface area contributed by atoms with Gasteiger partial charge in [0.1, 0.15) is 0 Å². The quantitative estimate of drug-likeness (QED) is 0.915. The molecule has 0 aliphatic carbocycles. The molecular formula is C13H17Cl2NO. The van der Waals surface area contributed by atoms with Gasteiger partial charge in [-0.05, 0) is 37.6 Å². The predicted molar refractivity (Wildman–Crippen MR) is 71.6 cm³/mol. The fourth-order valence-corrected chi connectivity index (χ4v) is 2.76. The van der Waals surface area contributed by atoms with Gasteiger partial charge in [0.2, 0.25) is 0 Å². The van der Waals surface area contributed by atoms with Crippen LogP contribution in [-0.2, 0) is 5.54 Å². The van der Waals surface area contributed by atoms with E-state index in [0.29, 0.717) is 16.0 Å². The number of rotatable bonds is 3. The van der Waals surface area contributed by atoms with E-state index in [2.05, 4.69) is 18.7 Å². The van der Waals surface area contributed by atoms with Crippen molar-refractivity contribution in [2.75, 3.05) is 19.7 Å². The molecule has 0 saturated carbocycles. The van der Waals surface area contributed by atoms with Crippen LogP contribution >= 0.6 is 23.2 Å². The maximum Gasteiger partial charge on any atom is 0.0483 e. The number of benzene rings is 1. The van der Waals surface area contributed by atoms with Crippen molar-refractivity contribution in [2.45, 2.75) is 19.4 Å². The molecule has 1 aromatic rings. The molecular weight excluding hydrogens is 257 g/mol. The lowest BCUT2D eigenvalue weighted by Gasteiger charge is -2.49. The highest BCUT2D eigenvalue weighted by molar-refractivity contribution is 6.34. The van der Waals surface area contributed by atoms with Crippen molar-refractivity contribution in [3.05, 3.63) is 33.8 Å². The molecule has 2 nitrogen and oxygen atoms in total. The third kappa shape index (κ3) is 2.60. The molecule has 4 heteroatoms. The van der Waals surface area contributed by atoms with Crippen LogP contribution in [0, 0.1) is 5.92 Å². The van der Waals surface area contributed by atoms with Gasteiger partial charge in [0.25, 0.3) is 0 Å². The number of hydrogen-bond donors (Lipinski definition) is 1. The average molecular weight is 274 g/mol. The highest BCUT2D eigenvalue weighted by atomic mass is 35.5. The van der Waals surface area contributed by atoms with Gasteiger partial charge in [-0.2, -0.15) is 0 Å². The Morgan fingerprint density at radius 1 is 1.24 bits per heavy atom. The fourth-order valence-electron chi connectivity index (χ4n) is 2.23. The largest absolute Gasteiger partial charge is 0.396 e. The molecule has 1 aliphatic rings. The maximum atomic E-state index is 9.06. The molecule has 94 valence electrons. The fraction of sp³-hybridized carbons (Fsp3) is 0.538. The van der Waals surface area contributed by atoms with Crippen LogP contribution in [0.4, 0.5) is 0 Å². The summed E-state index contributed by atoms with van der Waals surface area (Å²) in [7, 11) is 0. The van der Waals surface area contributed by atoms with Gasteiger partial charge in [0.15, 0.2) is 0 Å². The molecule has 0 amide bonds. The smallest absolute Gasteiger partial charge is 0.0483 e. The van der Waals surface area contributed by atoms with Crippen LogP contribution in [0.1, 0.15) is 19.4 Å². The number of aliphatic hydroxyl groups is 1. The minimum Gasteiger partial charge on any atom is -0.396 e. The maximum absolute atomic E-state index is 9.06. The van der Waals surface area contributed by atoms with E-state index in [1.54, 1.807) is 6.07 Å². The zero-order valence-corrected chi connectivity index (χ0v) is 11.6. The molecule has 0 spiro atoms. The second kappa shape index (κ2) is 4.77. The Morgan fingerprint density at radius 2 is 1.76 bits per heavy atom. The summed E-state index contributed by atoms with van der Waals surface area (Å²) >= 11 is 12.1. The van der Waals surface area contributed by atoms with Crippen LogP contribution in [0.15, 0.2) is 18.2 Å². The number of hydrogen-bond acceptors (Lipinski definition) is 2. The molecule has 0 radical (unpaired) electrons. The molecule has 0 aromatic heterocycles. The highest BCUT2D eigenvalue weighted by Gasteiger charge is 2.38. The Hall–Kier alpha value is -0.280. The summed E-state index contributed by atoms with van der Waals surface area (Å²) < 4.78 is 0. The second-order valence-electron chi connectivity index (χ2n) is 5.17. The normalized spacial score (nSPS) is 18.2. The minimum atomic E-state index is -0.0970. The summed E-state index contributed by atoms with van der Waals surface area (Å²) in [5, 5.41) is 10.4. The van der Waals surface area contributed by atoms with Crippen LogP contribution < -0.4 is 0 Å². The van der Waals surface area contributed by atoms with E-state index in [1.165, 1.54) is 0 Å². The first-order valence-corrected chi connectivity index (χ1v) is 6.51. The first-order chi connectivity index (χ1) is 7.93. The zero-order chi connectivity index (χ0) is 12.6. The van der Waals surface area contributed by atoms with E-state index in [0.717, 1.165) is 18.7 Å². The number of nitrogens with zero attached hydrogens (tertiary/aromatic N) is 1. The van der Waals surface area contributed by atoms with Gasteiger partial charge in [-0.1, -0.05) is 23.2 Å². The van der Waals surface area contributed by atoms with E-state index < -0.39 is 0 Å². The molecule has 0 atom stereocenters. The Bertz CT molecular complexity index is 394. The number of likely N-dealkylation sites (tertiary alicyclic amines) is 1. The van der Waals surface area contributed by atoms with Crippen LogP contribution in [0.3, 0.4) is 0 Å². The molecule has 0 unspecified atom stereocenters. The van der Waals surface area contributed by atoms with Gasteiger partial charge in [-0.25, -0.2) is 0 Å². The number of aliphatic hydroxyl groups excluding tert-OH is 1. The van der Waals surface area contributed by atoms with Crippen LogP contribution in [0.2, 0.25) is 10.0 Å². The van der Waals surface area contributed by atoms with Gasteiger partial charge < -0.3 is 5.11 Å². The Morgan fingerprint density at radius 3 is 2.24 bits per heavy atom. The van der Waals surface area contributed by atoms with Crippen LogP contribution in [0.25, 0.3) is 0 Å². The van der Waals surface area contributed by atoms with Crippen molar-refractivity contribution in [3.63, 3.8) is 0 Å². The van der Waals surface area contributed by atoms with Crippen molar-refractivity contribution in [2.24, 2.45) is 5.92 Å². The average Bonchev–Trinajstić information content (AvgIpc) is 2.13. The lowest BCUT2D eigenvalue weighted by Crippen LogP contribution is -2.56. The summed E-state index contributed by atoms with van der Waals surface area (Å²) in [6.45, 7) is 6.43. The summed E-state index contributed by atoms with van der Waals surface area (Å²) in [5.41, 5.74) is 1.02.